The van der Waals surface area contributed by atoms with Crippen molar-refractivity contribution in [3.8, 4) is 0 Å². The zero-order valence-corrected chi connectivity index (χ0v) is 19.7. The molecule has 4 aromatic rings. The molecule has 1 saturated heterocycles. The molecule has 1 atom stereocenters. The number of halogens is 1. The van der Waals surface area contributed by atoms with Gasteiger partial charge in [-0.2, -0.15) is 0 Å². The van der Waals surface area contributed by atoms with Gasteiger partial charge in [-0.05, 0) is 24.6 Å². The number of hydrogen-bond donors (Lipinski definition) is 1. The maximum atomic E-state index is 13.1. The van der Waals surface area contributed by atoms with Crippen molar-refractivity contribution in [2.24, 2.45) is 0 Å². The summed E-state index contributed by atoms with van der Waals surface area (Å²) in [5.41, 5.74) is 2.44. The van der Waals surface area contributed by atoms with Crippen LogP contribution in [0.1, 0.15) is 29.0 Å². The largest absolute Gasteiger partial charge is 0.367 e. The molecule has 0 bridgehead atoms. The molecule has 1 aliphatic heterocycles. The van der Waals surface area contributed by atoms with Gasteiger partial charge in [-0.15, -0.1) is 10.2 Å². The number of para-hydroxylation sites is 1. The molecular formula is C27H26ClN5O. The zero-order valence-electron chi connectivity index (χ0n) is 19.0. The molecule has 0 aliphatic carbocycles. The van der Waals surface area contributed by atoms with E-state index in [0.717, 1.165) is 59.0 Å². The first-order valence-electron chi connectivity index (χ1n) is 11.5. The molecule has 1 aromatic heterocycles. The molecule has 1 aliphatic rings. The Morgan fingerprint density at radius 1 is 0.824 bits per heavy atom. The Morgan fingerprint density at radius 2 is 1.44 bits per heavy atom. The minimum atomic E-state index is -0.227. The topological polar surface area (TPSA) is 61.4 Å². The van der Waals surface area contributed by atoms with Crippen LogP contribution in [0.2, 0.25) is 5.02 Å². The fourth-order valence-electron chi connectivity index (χ4n) is 4.45. The van der Waals surface area contributed by atoms with E-state index in [9.17, 15) is 4.79 Å². The van der Waals surface area contributed by atoms with Gasteiger partial charge in [0.1, 0.15) is 0 Å². The van der Waals surface area contributed by atoms with Crippen LogP contribution in [0.5, 0.6) is 0 Å². The van der Waals surface area contributed by atoms with Gasteiger partial charge in [-0.25, -0.2) is 0 Å². The molecule has 1 amide bonds. The maximum Gasteiger partial charge on any atom is 0.272 e. The van der Waals surface area contributed by atoms with Gasteiger partial charge in [0.15, 0.2) is 11.5 Å². The molecule has 1 N–H and O–H groups in total. The molecule has 0 spiro atoms. The van der Waals surface area contributed by atoms with Crippen molar-refractivity contribution in [2.45, 2.75) is 13.0 Å². The molecule has 5 rings (SSSR count). The molecule has 0 saturated carbocycles. The Morgan fingerprint density at radius 3 is 2.18 bits per heavy atom. The van der Waals surface area contributed by atoms with Gasteiger partial charge in [0.2, 0.25) is 0 Å². The summed E-state index contributed by atoms with van der Waals surface area (Å²) in [6.07, 6.45) is 0. The number of amides is 1. The Bertz CT molecular complexity index is 1300. The van der Waals surface area contributed by atoms with E-state index < -0.39 is 0 Å². The molecule has 6 nitrogen and oxygen atoms in total. The van der Waals surface area contributed by atoms with Crippen LogP contribution in [0.15, 0.2) is 78.9 Å². The number of hydrogen-bond acceptors (Lipinski definition) is 5. The standard InChI is InChI=1S/C27H26ClN5O/c1-19(20-9-3-2-4-10-20)29-27(34)25-21-11-5-6-12-22(21)26(31-30-25)33-17-15-32(16-18-33)24-14-8-7-13-23(24)28/h2-14,19H,15-18H2,1H3,(H,29,34). The first-order valence-corrected chi connectivity index (χ1v) is 11.9. The van der Waals surface area contributed by atoms with Crippen molar-refractivity contribution in [2.75, 3.05) is 36.0 Å². The molecule has 2 heterocycles. The van der Waals surface area contributed by atoms with E-state index >= 15 is 0 Å². The van der Waals surface area contributed by atoms with Gasteiger partial charge < -0.3 is 15.1 Å². The molecule has 34 heavy (non-hydrogen) atoms. The number of nitrogens with one attached hydrogen (secondary N) is 1. The Balaban J connectivity index is 1.37. The molecule has 172 valence electrons. The molecule has 0 radical (unpaired) electrons. The van der Waals surface area contributed by atoms with Crippen LogP contribution in [-0.4, -0.2) is 42.3 Å². The lowest BCUT2D eigenvalue weighted by Gasteiger charge is -2.37. The number of benzene rings is 3. The second-order valence-electron chi connectivity index (χ2n) is 8.45. The number of rotatable bonds is 5. The van der Waals surface area contributed by atoms with Crippen LogP contribution in [0, 0.1) is 0 Å². The zero-order chi connectivity index (χ0) is 23.5. The molecular weight excluding hydrogens is 446 g/mol. The van der Waals surface area contributed by atoms with E-state index in [0.29, 0.717) is 5.69 Å². The van der Waals surface area contributed by atoms with Crippen LogP contribution in [0.4, 0.5) is 11.5 Å². The van der Waals surface area contributed by atoms with Crippen LogP contribution in [0.25, 0.3) is 10.8 Å². The number of anilines is 2. The third kappa shape index (κ3) is 4.41. The number of nitrogens with zero attached hydrogens (tertiary/aromatic N) is 4. The molecule has 3 aromatic carbocycles. The first kappa shape index (κ1) is 22.2. The van der Waals surface area contributed by atoms with E-state index in [4.69, 9.17) is 11.6 Å². The lowest BCUT2D eigenvalue weighted by Crippen LogP contribution is -2.47. The molecule has 7 heteroatoms. The number of aromatic nitrogens is 2. The average Bonchev–Trinajstić information content (AvgIpc) is 2.89. The van der Waals surface area contributed by atoms with Gasteiger partial charge in [-0.1, -0.05) is 78.3 Å². The van der Waals surface area contributed by atoms with Crippen LogP contribution in [-0.2, 0) is 0 Å². The average molecular weight is 472 g/mol. The number of carbonyl (C=O) groups excluding carboxylic acids is 1. The van der Waals surface area contributed by atoms with E-state index in [2.05, 4.69) is 31.4 Å². The first-order chi connectivity index (χ1) is 16.6. The van der Waals surface area contributed by atoms with Crippen LogP contribution < -0.4 is 15.1 Å². The van der Waals surface area contributed by atoms with Crippen molar-refractivity contribution in [1.29, 1.82) is 0 Å². The summed E-state index contributed by atoms with van der Waals surface area (Å²) in [4.78, 5) is 17.6. The minimum Gasteiger partial charge on any atom is -0.367 e. The highest BCUT2D eigenvalue weighted by atomic mass is 35.5. The molecule has 1 fully saturated rings. The maximum absolute atomic E-state index is 13.1. The number of carbonyl (C=O) groups is 1. The van der Waals surface area contributed by atoms with Crippen molar-refractivity contribution >= 4 is 39.8 Å². The molecule has 1 unspecified atom stereocenters. The summed E-state index contributed by atoms with van der Waals surface area (Å²) < 4.78 is 0. The van der Waals surface area contributed by atoms with Crippen molar-refractivity contribution in [3.63, 3.8) is 0 Å². The van der Waals surface area contributed by atoms with E-state index in [1.165, 1.54) is 0 Å². The highest BCUT2D eigenvalue weighted by Gasteiger charge is 2.24. The van der Waals surface area contributed by atoms with Gasteiger partial charge in [0.25, 0.3) is 5.91 Å². The third-order valence-corrected chi connectivity index (χ3v) is 6.62. The van der Waals surface area contributed by atoms with Crippen molar-refractivity contribution < 1.29 is 4.79 Å². The summed E-state index contributed by atoms with van der Waals surface area (Å²) in [6, 6.07) is 25.5. The predicted octanol–water partition coefficient (Wildman–Crippen LogP) is 5.10. The summed E-state index contributed by atoms with van der Waals surface area (Å²) in [5.74, 6) is 0.581. The Hall–Kier alpha value is -3.64. The van der Waals surface area contributed by atoms with E-state index in [-0.39, 0.29) is 11.9 Å². The SMILES string of the molecule is CC(NC(=O)c1nnc(N2CCN(c3ccccc3Cl)CC2)c2ccccc12)c1ccccc1. The smallest absolute Gasteiger partial charge is 0.272 e. The second kappa shape index (κ2) is 9.69. The summed E-state index contributed by atoms with van der Waals surface area (Å²) in [6.45, 7) is 5.21. The van der Waals surface area contributed by atoms with E-state index in [1.54, 1.807) is 0 Å². The highest BCUT2D eigenvalue weighted by molar-refractivity contribution is 6.33. The minimum absolute atomic E-state index is 0.133. The summed E-state index contributed by atoms with van der Waals surface area (Å²) in [5, 5.41) is 14.5. The summed E-state index contributed by atoms with van der Waals surface area (Å²) in [7, 11) is 0. The van der Waals surface area contributed by atoms with Gasteiger partial charge in [0.05, 0.1) is 16.8 Å². The van der Waals surface area contributed by atoms with Gasteiger partial charge in [-0.3, -0.25) is 4.79 Å². The normalized spacial score (nSPS) is 14.8. The predicted molar refractivity (Wildman–Crippen MR) is 138 cm³/mol. The Kier molecular flexibility index (Phi) is 6.32. The van der Waals surface area contributed by atoms with Crippen molar-refractivity contribution in [1.82, 2.24) is 15.5 Å². The lowest BCUT2D eigenvalue weighted by molar-refractivity contribution is 0.0935. The van der Waals surface area contributed by atoms with Gasteiger partial charge >= 0.3 is 0 Å². The van der Waals surface area contributed by atoms with Gasteiger partial charge in [0, 0.05) is 37.0 Å². The fourth-order valence-corrected chi connectivity index (χ4v) is 4.70. The van der Waals surface area contributed by atoms with Crippen LogP contribution in [0.3, 0.4) is 0 Å². The Labute approximate surface area is 204 Å². The summed E-state index contributed by atoms with van der Waals surface area (Å²) >= 11 is 6.40. The quantitative estimate of drug-likeness (QED) is 0.438. The third-order valence-electron chi connectivity index (χ3n) is 6.30. The monoisotopic (exact) mass is 471 g/mol. The lowest BCUT2D eigenvalue weighted by atomic mass is 10.1. The second-order valence-corrected chi connectivity index (χ2v) is 8.86. The fraction of sp³-hybridized carbons (Fsp3) is 0.222. The number of fused-ring (bicyclic) bond motifs is 1. The van der Waals surface area contributed by atoms with Crippen LogP contribution >= 0.6 is 11.6 Å². The van der Waals surface area contributed by atoms with E-state index in [1.807, 2.05) is 79.7 Å². The highest BCUT2D eigenvalue weighted by Crippen LogP contribution is 2.30. The van der Waals surface area contributed by atoms with Crippen molar-refractivity contribution in [3.05, 3.63) is 95.1 Å². The number of piperazine rings is 1.